The zero-order chi connectivity index (χ0) is 27.3. The quantitative estimate of drug-likeness (QED) is 0.146. The minimum Gasteiger partial charge on any atom is -0.399 e. The number of halogens is 1. The Morgan fingerprint density at radius 1 is 1.05 bits per heavy atom. The molecule has 1 heterocycles. The van der Waals surface area contributed by atoms with Crippen molar-refractivity contribution in [1.29, 1.82) is 0 Å². The standard InChI is InChI=1S/C25H24FN4O7P/c1-3-36-38(34,37-4-2)16-35-29-23-15-21(30(32)33)13-14-22(23)28-24(29)17-7-11-20(12-8-17)27-25(31)18-5-9-19(26)10-6-18/h5-15H,3-4,16H2,1-2H3,(H,27,31). The summed E-state index contributed by atoms with van der Waals surface area (Å²) < 4.78 is 37.9. The molecule has 0 saturated carbocycles. The molecule has 0 saturated heterocycles. The van der Waals surface area contributed by atoms with E-state index >= 15 is 0 Å². The number of carbonyl (C=O) groups is 1. The molecule has 0 aliphatic rings. The number of fused-ring (bicyclic) bond motifs is 1. The van der Waals surface area contributed by atoms with Crippen LogP contribution in [0, 0.1) is 15.9 Å². The maximum atomic E-state index is 13.1. The van der Waals surface area contributed by atoms with E-state index in [9.17, 15) is 23.9 Å². The highest BCUT2D eigenvalue weighted by atomic mass is 31.2. The summed E-state index contributed by atoms with van der Waals surface area (Å²) in [6.07, 6.45) is -0.457. The van der Waals surface area contributed by atoms with Gasteiger partial charge in [0.2, 0.25) is 6.35 Å². The number of benzene rings is 3. The molecule has 1 N–H and O–H groups in total. The van der Waals surface area contributed by atoms with Gasteiger partial charge >= 0.3 is 7.60 Å². The van der Waals surface area contributed by atoms with Crippen molar-refractivity contribution in [2.75, 3.05) is 24.9 Å². The molecule has 1 amide bonds. The lowest BCUT2D eigenvalue weighted by Gasteiger charge is -2.18. The highest BCUT2D eigenvalue weighted by Crippen LogP contribution is 2.47. The van der Waals surface area contributed by atoms with Crippen LogP contribution in [0.2, 0.25) is 0 Å². The maximum absolute atomic E-state index is 13.1. The van der Waals surface area contributed by atoms with Gasteiger partial charge in [0.05, 0.1) is 23.7 Å². The van der Waals surface area contributed by atoms with E-state index in [4.69, 9.17) is 13.9 Å². The number of non-ortho nitro benzene ring substituents is 1. The van der Waals surface area contributed by atoms with Gasteiger partial charge in [0.15, 0.2) is 5.82 Å². The minimum absolute atomic E-state index is 0.134. The molecule has 1 aromatic heterocycles. The number of aromatic nitrogens is 2. The van der Waals surface area contributed by atoms with Gasteiger partial charge in [0.1, 0.15) is 11.3 Å². The van der Waals surface area contributed by atoms with Crippen LogP contribution in [-0.4, -0.2) is 40.1 Å². The molecule has 0 spiro atoms. The number of hydrogen-bond donors (Lipinski definition) is 1. The first-order valence-corrected chi connectivity index (χ1v) is 13.3. The van der Waals surface area contributed by atoms with E-state index in [1.807, 2.05) is 0 Å². The van der Waals surface area contributed by atoms with E-state index in [0.29, 0.717) is 22.3 Å². The highest BCUT2D eigenvalue weighted by molar-refractivity contribution is 7.53. The average Bonchev–Trinajstić information content (AvgIpc) is 3.26. The predicted octanol–water partition coefficient (Wildman–Crippen LogP) is 5.66. The Morgan fingerprint density at radius 2 is 1.71 bits per heavy atom. The molecule has 198 valence electrons. The molecule has 0 atom stereocenters. The first-order valence-electron chi connectivity index (χ1n) is 11.6. The molecule has 11 nitrogen and oxygen atoms in total. The molecule has 0 radical (unpaired) electrons. The van der Waals surface area contributed by atoms with Gasteiger partial charge in [-0.3, -0.25) is 19.5 Å². The number of anilines is 1. The second kappa shape index (κ2) is 11.5. The first kappa shape index (κ1) is 26.9. The van der Waals surface area contributed by atoms with Crippen LogP contribution in [0.3, 0.4) is 0 Å². The molecule has 4 aromatic rings. The molecule has 0 bridgehead atoms. The Hall–Kier alpha value is -4.12. The molecule has 13 heteroatoms. The van der Waals surface area contributed by atoms with Crippen molar-refractivity contribution < 1.29 is 32.6 Å². The Bertz CT molecular complexity index is 1500. The van der Waals surface area contributed by atoms with Crippen LogP contribution < -0.4 is 10.2 Å². The normalized spacial score (nSPS) is 11.4. The predicted molar refractivity (Wildman–Crippen MR) is 138 cm³/mol. The van der Waals surface area contributed by atoms with Crippen LogP contribution >= 0.6 is 7.60 Å². The van der Waals surface area contributed by atoms with Gasteiger partial charge < -0.3 is 19.2 Å². The van der Waals surface area contributed by atoms with Crippen LogP contribution in [-0.2, 0) is 13.6 Å². The van der Waals surface area contributed by atoms with Gasteiger partial charge in [0, 0.05) is 28.9 Å². The zero-order valence-corrected chi connectivity index (χ0v) is 21.4. The van der Waals surface area contributed by atoms with E-state index in [-0.39, 0.29) is 30.2 Å². The number of rotatable bonds is 11. The van der Waals surface area contributed by atoms with Gasteiger partial charge in [0.25, 0.3) is 11.6 Å². The van der Waals surface area contributed by atoms with Crippen LogP contribution in [0.25, 0.3) is 22.4 Å². The summed E-state index contributed by atoms with van der Waals surface area (Å²) in [6.45, 7) is 3.61. The topological polar surface area (TPSA) is 135 Å². The minimum atomic E-state index is -3.61. The molecular weight excluding hydrogens is 518 g/mol. The van der Waals surface area contributed by atoms with Crippen LogP contribution in [0.4, 0.5) is 15.8 Å². The van der Waals surface area contributed by atoms with Crippen molar-refractivity contribution in [2.24, 2.45) is 0 Å². The van der Waals surface area contributed by atoms with E-state index < -0.39 is 30.6 Å². The molecule has 4 rings (SSSR count). The van der Waals surface area contributed by atoms with Crippen molar-refractivity contribution in [3.8, 4) is 11.4 Å². The summed E-state index contributed by atoms with van der Waals surface area (Å²) in [6, 6.07) is 15.9. The fourth-order valence-corrected chi connectivity index (χ4v) is 4.88. The number of carbonyl (C=O) groups excluding carboxylic acids is 1. The summed E-state index contributed by atoms with van der Waals surface area (Å²) in [7, 11) is -3.61. The summed E-state index contributed by atoms with van der Waals surface area (Å²) >= 11 is 0. The molecule has 0 aliphatic carbocycles. The third kappa shape index (κ3) is 6.05. The SMILES string of the molecule is CCOP(=O)(COn1c(-c2ccc(NC(=O)c3ccc(F)cc3)cc2)nc2ccc([N+](=O)[O-])cc21)OCC. The second-order valence-electron chi connectivity index (χ2n) is 7.90. The van der Waals surface area contributed by atoms with Gasteiger partial charge in [-0.1, -0.05) is 0 Å². The van der Waals surface area contributed by atoms with E-state index in [1.54, 1.807) is 38.1 Å². The van der Waals surface area contributed by atoms with Gasteiger partial charge in [-0.2, -0.15) is 4.73 Å². The zero-order valence-electron chi connectivity index (χ0n) is 20.5. The molecule has 3 aromatic carbocycles. The third-order valence-corrected chi connectivity index (χ3v) is 7.05. The lowest BCUT2D eigenvalue weighted by Crippen LogP contribution is -2.16. The summed E-state index contributed by atoms with van der Waals surface area (Å²) in [5, 5.41) is 14.1. The molecule has 0 aliphatic heterocycles. The Balaban J connectivity index is 1.66. The number of amides is 1. The summed E-state index contributed by atoms with van der Waals surface area (Å²) in [4.78, 5) is 33.6. The van der Waals surface area contributed by atoms with Crippen LogP contribution in [0.1, 0.15) is 24.2 Å². The average molecular weight is 542 g/mol. The number of nitro benzene ring substituents is 1. The van der Waals surface area contributed by atoms with Crippen molar-refractivity contribution >= 4 is 35.9 Å². The lowest BCUT2D eigenvalue weighted by atomic mass is 10.1. The third-order valence-electron chi connectivity index (χ3n) is 5.31. The Kier molecular flexibility index (Phi) is 8.16. The van der Waals surface area contributed by atoms with Crippen molar-refractivity contribution in [2.45, 2.75) is 13.8 Å². The summed E-state index contributed by atoms with van der Waals surface area (Å²) in [5.74, 6) is -0.583. The maximum Gasteiger partial charge on any atom is 0.370 e. The fourth-order valence-electron chi connectivity index (χ4n) is 3.61. The van der Waals surface area contributed by atoms with Crippen molar-refractivity contribution in [3.63, 3.8) is 0 Å². The van der Waals surface area contributed by atoms with Crippen molar-refractivity contribution in [3.05, 3.63) is 88.2 Å². The number of hydrogen-bond acceptors (Lipinski definition) is 8. The number of nitrogens with zero attached hydrogens (tertiary/aromatic N) is 3. The van der Waals surface area contributed by atoms with E-state index in [2.05, 4.69) is 10.3 Å². The number of nitro groups is 1. The van der Waals surface area contributed by atoms with Crippen LogP contribution in [0.15, 0.2) is 66.7 Å². The summed E-state index contributed by atoms with van der Waals surface area (Å²) in [5.41, 5.74) is 1.82. The van der Waals surface area contributed by atoms with E-state index in [1.165, 1.54) is 47.2 Å². The highest BCUT2D eigenvalue weighted by Gasteiger charge is 2.27. The smallest absolute Gasteiger partial charge is 0.370 e. The fraction of sp³-hybridized carbons (Fsp3) is 0.200. The number of imidazole rings is 1. The molecular formula is C25H24FN4O7P. The molecule has 38 heavy (non-hydrogen) atoms. The number of nitrogens with one attached hydrogen (secondary N) is 1. The molecule has 0 fully saturated rings. The lowest BCUT2D eigenvalue weighted by molar-refractivity contribution is -0.384. The Labute approximate surface area is 216 Å². The van der Waals surface area contributed by atoms with Crippen LogP contribution in [0.5, 0.6) is 0 Å². The largest absolute Gasteiger partial charge is 0.399 e. The van der Waals surface area contributed by atoms with Gasteiger partial charge in [-0.25, -0.2) is 9.37 Å². The second-order valence-corrected chi connectivity index (χ2v) is 9.90. The molecule has 0 unspecified atom stereocenters. The monoisotopic (exact) mass is 542 g/mol. The van der Waals surface area contributed by atoms with Gasteiger partial charge in [-0.05, 0) is 68.4 Å². The first-order chi connectivity index (χ1) is 18.2. The van der Waals surface area contributed by atoms with Crippen molar-refractivity contribution in [1.82, 2.24) is 9.71 Å². The van der Waals surface area contributed by atoms with Gasteiger partial charge in [-0.15, -0.1) is 0 Å². The van der Waals surface area contributed by atoms with E-state index in [0.717, 1.165) is 0 Å². The Morgan fingerprint density at radius 3 is 2.32 bits per heavy atom.